The van der Waals surface area contributed by atoms with E-state index in [0.29, 0.717) is 28.5 Å². The summed E-state index contributed by atoms with van der Waals surface area (Å²) < 4.78 is 1.43. The topological polar surface area (TPSA) is 122 Å². The number of H-pyrrole nitrogens is 1. The zero-order valence-corrected chi connectivity index (χ0v) is 18.3. The van der Waals surface area contributed by atoms with E-state index < -0.39 is 0 Å². The van der Waals surface area contributed by atoms with Crippen LogP contribution in [0, 0.1) is 6.92 Å². The van der Waals surface area contributed by atoms with Gasteiger partial charge in [0, 0.05) is 17.7 Å². The number of rotatable bonds is 7. The van der Waals surface area contributed by atoms with Gasteiger partial charge in [-0.1, -0.05) is 53.7 Å². The molecule has 0 fully saturated rings. The van der Waals surface area contributed by atoms with Crippen molar-refractivity contribution in [2.45, 2.75) is 25.4 Å². The molecule has 0 unspecified atom stereocenters. The van der Waals surface area contributed by atoms with Crippen molar-refractivity contribution in [3.05, 3.63) is 81.3 Å². The smallest absolute Gasteiger partial charge is 0.274 e. The summed E-state index contributed by atoms with van der Waals surface area (Å²) in [7, 11) is 0. The fourth-order valence-corrected chi connectivity index (χ4v) is 3.70. The van der Waals surface area contributed by atoms with Crippen molar-refractivity contribution in [1.82, 2.24) is 24.8 Å². The number of carbonyl (C=O) groups is 2. The molecule has 0 atom stereocenters. The lowest BCUT2D eigenvalue weighted by Crippen LogP contribution is -2.19. The Morgan fingerprint density at radius 3 is 2.66 bits per heavy atom. The van der Waals surface area contributed by atoms with Crippen molar-refractivity contribution in [2.24, 2.45) is 0 Å². The fourth-order valence-electron chi connectivity index (χ4n) is 3.02. The largest absolute Gasteiger partial charge is 0.325 e. The third kappa shape index (κ3) is 4.92. The number of thioether (sulfide) groups is 1. The molecule has 0 saturated heterocycles. The van der Waals surface area contributed by atoms with Gasteiger partial charge in [-0.2, -0.15) is 9.61 Å². The molecular formula is C22H20N6O3S. The lowest BCUT2D eigenvalue weighted by atomic mass is 10.1. The maximum absolute atomic E-state index is 12.4. The number of aromatic amines is 1. The summed E-state index contributed by atoms with van der Waals surface area (Å²) in [5.74, 6) is -0.0810. The highest BCUT2D eigenvalue weighted by Gasteiger charge is 2.14. The van der Waals surface area contributed by atoms with Gasteiger partial charge in [-0.15, -0.1) is 10.2 Å². The first-order valence-electron chi connectivity index (χ1n) is 9.83. The number of hydrogen-bond acceptors (Lipinski definition) is 7. The van der Waals surface area contributed by atoms with E-state index in [9.17, 15) is 14.4 Å². The summed E-state index contributed by atoms with van der Waals surface area (Å²) >= 11 is 1.14. The molecule has 2 aromatic heterocycles. The molecule has 0 spiro atoms. The van der Waals surface area contributed by atoms with Crippen molar-refractivity contribution in [2.75, 3.05) is 11.1 Å². The van der Waals surface area contributed by atoms with Gasteiger partial charge >= 0.3 is 0 Å². The number of carbonyl (C=O) groups excluding carboxylic acids is 2. The summed E-state index contributed by atoms with van der Waals surface area (Å²) in [5, 5.41) is 15.5. The highest BCUT2D eigenvalue weighted by molar-refractivity contribution is 7.99. The second kappa shape index (κ2) is 9.15. The molecule has 2 aromatic carbocycles. The molecule has 32 heavy (non-hydrogen) atoms. The lowest BCUT2D eigenvalue weighted by Gasteiger charge is -2.06. The van der Waals surface area contributed by atoms with E-state index in [2.05, 4.69) is 25.6 Å². The van der Waals surface area contributed by atoms with Gasteiger partial charge in [-0.05, 0) is 31.5 Å². The van der Waals surface area contributed by atoms with Gasteiger partial charge in [-0.25, -0.2) is 0 Å². The van der Waals surface area contributed by atoms with Gasteiger partial charge in [0.1, 0.15) is 5.69 Å². The predicted octanol–water partition coefficient (Wildman–Crippen LogP) is 2.65. The number of nitrogens with zero attached hydrogens (tertiary/aromatic N) is 4. The van der Waals surface area contributed by atoms with Crippen molar-refractivity contribution >= 4 is 34.9 Å². The fraction of sp³-hybridized carbons (Fsp3) is 0.182. The first kappa shape index (κ1) is 21.4. The molecule has 0 aliphatic carbocycles. The average molecular weight is 449 g/mol. The Balaban J connectivity index is 1.48. The molecule has 0 aliphatic rings. The molecule has 2 heterocycles. The summed E-state index contributed by atoms with van der Waals surface area (Å²) in [4.78, 5) is 38.9. The van der Waals surface area contributed by atoms with Crippen LogP contribution in [0.3, 0.4) is 0 Å². The molecule has 0 aliphatic heterocycles. The van der Waals surface area contributed by atoms with E-state index in [1.165, 1.54) is 11.4 Å². The summed E-state index contributed by atoms with van der Waals surface area (Å²) in [6.45, 7) is 3.47. The quantitative estimate of drug-likeness (QED) is 0.329. The number of hydrogen-bond donors (Lipinski definition) is 2. The number of anilines is 1. The Kier molecular flexibility index (Phi) is 6.13. The van der Waals surface area contributed by atoms with Crippen LogP contribution in [0.25, 0.3) is 5.78 Å². The molecule has 4 rings (SSSR count). The number of aryl methyl sites for hydroxylation is 1. The number of amides is 1. The van der Waals surface area contributed by atoms with Crippen LogP contribution in [0.1, 0.15) is 34.1 Å². The van der Waals surface area contributed by atoms with Crippen LogP contribution in [0.5, 0.6) is 0 Å². The second-order valence-electron chi connectivity index (χ2n) is 7.26. The van der Waals surface area contributed by atoms with Crippen LogP contribution < -0.4 is 10.9 Å². The highest BCUT2D eigenvalue weighted by Crippen LogP contribution is 2.17. The zero-order chi connectivity index (χ0) is 22.7. The molecule has 2 N–H and O–H groups in total. The molecule has 0 radical (unpaired) electrons. The number of nitrogens with one attached hydrogen (secondary N) is 2. The maximum atomic E-state index is 12.4. The standard InChI is InChI=1S/C22H20N6O3S/c1-13-6-8-15(9-7-13)10-18-20(31)24-21-25-26-22(28(21)27-18)32-12-19(30)23-17-5-3-4-16(11-17)14(2)29/h3-9,11H,10,12H2,1-2H3,(H,23,30)(H,24,25,31). The SMILES string of the molecule is CC(=O)c1cccc(NC(=O)CSc2nnc3[nH]c(=O)c(Cc4ccc(C)cc4)nn23)c1. The Hall–Kier alpha value is -3.79. The van der Waals surface area contributed by atoms with Crippen LogP contribution in [-0.2, 0) is 11.2 Å². The van der Waals surface area contributed by atoms with Crippen molar-refractivity contribution in [1.29, 1.82) is 0 Å². The number of Topliss-reactive ketones (excluding diaryl/α,β-unsaturated/α-hetero) is 1. The summed E-state index contributed by atoms with van der Waals surface area (Å²) in [6, 6.07) is 14.6. The van der Waals surface area contributed by atoms with Gasteiger partial charge in [0.2, 0.25) is 11.1 Å². The van der Waals surface area contributed by atoms with E-state index in [-0.39, 0.29) is 28.8 Å². The van der Waals surface area contributed by atoms with Crippen LogP contribution in [0.15, 0.2) is 58.5 Å². The third-order valence-electron chi connectivity index (χ3n) is 4.70. The van der Waals surface area contributed by atoms with E-state index in [1.54, 1.807) is 24.3 Å². The molecule has 4 aromatic rings. The molecular weight excluding hydrogens is 428 g/mol. The third-order valence-corrected chi connectivity index (χ3v) is 5.62. The summed E-state index contributed by atoms with van der Waals surface area (Å²) in [6.07, 6.45) is 0.362. The molecule has 10 heteroatoms. The molecule has 9 nitrogen and oxygen atoms in total. The monoisotopic (exact) mass is 448 g/mol. The second-order valence-corrected chi connectivity index (χ2v) is 8.20. The first-order valence-corrected chi connectivity index (χ1v) is 10.8. The van der Waals surface area contributed by atoms with Crippen LogP contribution in [-0.4, -0.2) is 42.2 Å². The van der Waals surface area contributed by atoms with Gasteiger partial charge in [-0.3, -0.25) is 19.4 Å². The Morgan fingerprint density at radius 1 is 1.12 bits per heavy atom. The maximum Gasteiger partial charge on any atom is 0.274 e. The van der Waals surface area contributed by atoms with Crippen LogP contribution >= 0.6 is 11.8 Å². The van der Waals surface area contributed by atoms with Gasteiger partial charge in [0.05, 0.1) is 5.75 Å². The number of aromatic nitrogens is 5. The zero-order valence-electron chi connectivity index (χ0n) is 17.5. The van der Waals surface area contributed by atoms with E-state index in [0.717, 1.165) is 22.9 Å². The van der Waals surface area contributed by atoms with Gasteiger partial charge in [0.25, 0.3) is 11.3 Å². The number of benzene rings is 2. The molecule has 0 bridgehead atoms. The minimum absolute atomic E-state index is 0.0548. The van der Waals surface area contributed by atoms with Crippen LogP contribution in [0.4, 0.5) is 5.69 Å². The molecule has 0 saturated carbocycles. The van der Waals surface area contributed by atoms with Gasteiger partial charge in [0.15, 0.2) is 5.78 Å². The van der Waals surface area contributed by atoms with Crippen molar-refractivity contribution in [3.8, 4) is 0 Å². The predicted molar refractivity (Wildman–Crippen MR) is 121 cm³/mol. The summed E-state index contributed by atoms with van der Waals surface area (Å²) in [5.41, 5.74) is 3.15. The first-order chi connectivity index (χ1) is 15.4. The highest BCUT2D eigenvalue weighted by atomic mass is 32.2. The minimum Gasteiger partial charge on any atom is -0.325 e. The lowest BCUT2D eigenvalue weighted by molar-refractivity contribution is -0.113. The van der Waals surface area contributed by atoms with Crippen molar-refractivity contribution in [3.63, 3.8) is 0 Å². The normalized spacial score (nSPS) is 10.9. The average Bonchev–Trinajstić information content (AvgIpc) is 3.15. The number of fused-ring (bicyclic) bond motifs is 1. The Labute approximate surface area is 187 Å². The van der Waals surface area contributed by atoms with E-state index >= 15 is 0 Å². The minimum atomic E-state index is -0.329. The van der Waals surface area contributed by atoms with E-state index in [4.69, 9.17) is 0 Å². The Morgan fingerprint density at radius 2 is 1.91 bits per heavy atom. The number of ketones is 1. The molecule has 1 amide bonds. The van der Waals surface area contributed by atoms with Crippen LogP contribution in [0.2, 0.25) is 0 Å². The van der Waals surface area contributed by atoms with Crippen molar-refractivity contribution < 1.29 is 9.59 Å². The van der Waals surface area contributed by atoms with E-state index in [1.807, 2.05) is 31.2 Å². The van der Waals surface area contributed by atoms with Gasteiger partial charge < -0.3 is 5.32 Å². The Bertz CT molecular complexity index is 1360. The molecule has 162 valence electrons.